The summed E-state index contributed by atoms with van der Waals surface area (Å²) in [6.07, 6.45) is 0.124. The van der Waals surface area contributed by atoms with E-state index in [1.807, 2.05) is 0 Å². The molecule has 1 fully saturated rings. The highest BCUT2D eigenvalue weighted by Gasteiger charge is 2.54. The summed E-state index contributed by atoms with van der Waals surface area (Å²) >= 11 is 0. The van der Waals surface area contributed by atoms with Gasteiger partial charge in [-0.05, 0) is 36.9 Å². The van der Waals surface area contributed by atoms with Crippen molar-refractivity contribution in [3.8, 4) is 0 Å². The first-order valence-electron chi connectivity index (χ1n) is 7.43. The zero-order valence-electron chi connectivity index (χ0n) is 12.3. The molecule has 0 unspecified atom stereocenters. The monoisotopic (exact) mass is 313 g/mol. The average molecular weight is 313 g/mol. The van der Waals surface area contributed by atoms with Crippen molar-refractivity contribution in [1.82, 2.24) is 0 Å². The van der Waals surface area contributed by atoms with E-state index < -0.39 is 36.3 Å². The predicted octanol–water partition coefficient (Wildman–Crippen LogP) is 2.29. The third kappa shape index (κ3) is 3.13. The lowest BCUT2D eigenvalue weighted by Gasteiger charge is -2.32. The number of carbonyl (C=O) groups is 1. The minimum absolute atomic E-state index is 0.0129. The van der Waals surface area contributed by atoms with Crippen LogP contribution in [0.3, 0.4) is 0 Å². The number of carboxylic acids is 1. The standard InChI is InChI=1S/C16H21F2NO3/c17-15(18)8-7-12(10-15)16(22,14(20)21)13-6-2-1-4-11(13)5-3-9-19/h1-2,4,6,12,22H,3,5,7-10,19H2,(H,20,21)/t12-,16-/m1/s1. The number of aliphatic carboxylic acids is 1. The van der Waals surface area contributed by atoms with Crippen LogP contribution in [0.15, 0.2) is 24.3 Å². The van der Waals surface area contributed by atoms with Crippen LogP contribution in [0.4, 0.5) is 8.78 Å². The van der Waals surface area contributed by atoms with Crippen LogP contribution in [0.5, 0.6) is 0 Å². The number of carboxylic acid groups (broad SMARTS) is 1. The Kier molecular flexibility index (Phi) is 4.82. The minimum atomic E-state index is -2.92. The van der Waals surface area contributed by atoms with Gasteiger partial charge in [0.1, 0.15) is 0 Å². The predicted molar refractivity (Wildman–Crippen MR) is 77.6 cm³/mol. The Balaban J connectivity index is 2.42. The van der Waals surface area contributed by atoms with Crippen molar-refractivity contribution in [2.75, 3.05) is 6.54 Å². The fourth-order valence-electron chi connectivity index (χ4n) is 3.22. The van der Waals surface area contributed by atoms with Gasteiger partial charge in [-0.15, -0.1) is 0 Å². The number of halogens is 2. The molecule has 6 heteroatoms. The molecule has 1 aliphatic carbocycles. The van der Waals surface area contributed by atoms with E-state index in [1.54, 1.807) is 18.2 Å². The van der Waals surface area contributed by atoms with E-state index >= 15 is 0 Å². The summed E-state index contributed by atoms with van der Waals surface area (Å²) in [6, 6.07) is 6.57. The number of benzene rings is 1. The van der Waals surface area contributed by atoms with Crippen LogP contribution >= 0.6 is 0 Å². The molecule has 0 radical (unpaired) electrons. The van der Waals surface area contributed by atoms with Gasteiger partial charge in [0.15, 0.2) is 5.60 Å². The van der Waals surface area contributed by atoms with Crippen LogP contribution in [0, 0.1) is 5.92 Å². The molecule has 1 aromatic carbocycles. The summed E-state index contributed by atoms with van der Waals surface area (Å²) in [7, 11) is 0. The third-order valence-electron chi connectivity index (χ3n) is 4.40. The Hall–Kier alpha value is -1.53. The van der Waals surface area contributed by atoms with Crippen LogP contribution in [0.2, 0.25) is 0 Å². The van der Waals surface area contributed by atoms with Gasteiger partial charge in [-0.3, -0.25) is 0 Å². The molecule has 1 saturated carbocycles. The fourth-order valence-corrected chi connectivity index (χ4v) is 3.22. The fraction of sp³-hybridized carbons (Fsp3) is 0.562. The molecule has 22 heavy (non-hydrogen) atoms. The highest BCUT2D eigenvalue weighted by molar-refractivity contribution is 5.80. The molecular formula is C16H21F2NO3. The van der Waals surface area contributed by atoms with E-state index in [4.69, 9.17) is 5.73 Å². The largest absolute Gasteiger partial charge is 0.479 e. The third-order valence-corrected chi connectivity index (χ3v) is 4.40. The van der Waals surface area contributed by atoms with Crippen molar-refractivity contribution < 1.29 is 23.8 Å². The number of alkyl halides is 2. The van der Waals surface area contributed by atoms with Gasteiger partial charge in [0.2, 0.25) is 5.92 Å². The van der Waals surface area contributed by atoms with Crippen molar-refractivity contribution in [2.45, 2.75) is 43.6 Å². The Morgan fingerprint density at radius 1 is 1.41 bits per heavy atom. The van der Waals surface area contributed by atoms with Gasteiger partial charge < -0.3 is 15.9 Å². The van der Waals surface area contributed by atoms with E-state index in [0.29, 0.717) is 24.9 Å². The molecule has 2 atom stereocenters. The first kappa shape index (κ1) is 16.8. The second-order valence-electron chi connectivity index (χ2n) is 5.92. The van der Waals surface area contributed by atoms with E-state index in [-0.39, 0.29) is 12.0 Å². The van der Waals surface area contributed by atoms with Crippen molar-refractivity contribution >= 4 is 5.97 Å². The Morgan fingerprint density at radius 2 is 2.09 bits per heavy atom. The van der Waals surface area contributed by atoms with Crippen molar-refractivity contribution in [1.29, 1.82) is 0 Å². The van der Waals surface area contributed by atoms with E-state index in [0.717, 1.165) is 0 Å². The molecule has 4 N–H and O–H groups in total. The molecule has 0 aromatic heterocycles. The summed E-state index contributed by atoms with van der Waals surface area (Å²) in [5.74, 6) is -5.39. The van der Waals surface area contributed by atoms with Gasteiger partial charge in [-0.2, -0.15) is 0 Å². The van der Waals surface area contributed by atoms with Gasteiger partial charge in [-0.1, -0.05) is 24.3 Å². The molecule has 0 heterocycles. The number of aryl methyl sites for hydroxylation is 1. The van der Waals surface area contributed by atoms with Crippen molar-refractivity contribution in [3.05, 3.63) is 35.4 Å². The van der Waals surface area contributed by atoms with Crippen molar-refractivity contribution in [3.63, 3.8) is 0 Å². The topological polar surface area (TPSA) is 83.5 Å². The maximum absolute atomic E-state index is 13.5. The number of hydrogen-bond donors (Lipinski definition) is 3. The SMILES string of the molecule is NCCCc1ccccc1[C@@](O)(C(=O)O)[C@@H]1CCC(F)(F)C1. The molecule has 0 saturated heterocycles. The Labute approximate surface area is 127 Å². The number of rotatable bonds is 6. The highest BCUT2D eigenvalue weighted by atomic mass is 19.3. The summed E-state index contributed by atoms with van der Waals surface area (Å²) in [4.78, 5) is 11.7. The second kappa shape index (κ2) is 6.30. The van der Waals surface area contributed by atoms with Gasteiger partial charge >= 0.3 is 5.97 Å². The lowest BCUT2D eigenvalue weighted by molar-refractivity contribution is -0.167. The Morgan fingerprint density at radius 3 is 2.64 bits per heavy atom. The van der Waals surface area contributed by atoms with Crippen LogP contribution in [-0.2, 0) is 16.8 Å². The van der Waals surface area contributed by atoms with E-state index in [9.17, 15) is 23.8 Å². The zero-order valence-corrected chi connectivity index (χ0v) is 12.3. The summed E-state index contributed by atoms with van der Waals surface area (Å²) in [5, 5.41) is 20.4. The summed E-state index contributed by atoms with van der Waals surface area (Å²) in [6.45, 7) is 0.432. The lowest BCUT2D eigenvalue weighted by Crippen LogP contribution is -2.43. The smallest absolute Gasteiger partial charge is 0.340 e. The molecule has 0 bridgehead atoms. The molecule has 2 rings (SSSR count). The maximum atomic E-state index is 13.5. The normalized spacial score (nSPS) is 23.2. The number of hydrogen-bond acceptors (Lipinski definition) is 3. The van der Waals surface area contributed by atoms with Gasteiger partial charge in [-0.25, -0.2) is 13.6 Å². The zero-order chi connectivity index (χ0) is 16.4. The minimum Gasteiger partial charge on any atom is -0.479 e. The first-order valence-corrected chi connectivity index (χ1v) is 7.43. The molecule has 1 aliphatic rings. The van der Waals surface area contributed by atoms with Gasteiger partial charge in [0.05, 0.1) is 0 Å². The van der Waals surface area contributed by atoms with Crippen LogP contribution in [0.1, 0.15) is 36.8 Å². The molecule has 0 aliphatic heterocycles. The Bertz CT molecular complexity index is 550. The molecular weight excluding hydrogens is 292 g/mol. The van der Waals surface area contributed by atoms with E-state index in [1.165, 1.54) is 6.07 Å². The van der Waals surface area contributed by atoms with E-state index in [2.05, 4.69) is 0 Å². The van der Waals surface area contributed by atoms with Crippen LogP contribution in [0.25, 0.3) is 0 Å². The maximum Gasteiger partial charge on any atom is 0.340 e. The summed E-state index contributed by atoms with van der Waals surface area (Å²) in [5.41, 5.74) is 4.04. The molecule has 4 nitrogen and oxygen atoms in total. The molecule has 0 amide bonds. The molecule has 122 valence electrons. The average Bonchev–Trinajstić information content (AvgIpc) is 2.85. The summed E-state index contributed by atoms with van der Waals surface area (Å²) < 4.78 is 27.0. The second-order valence-corrected chi connectivity index (χ2v) is 5.92. The highest BCUT2D eigenvalue weighted by Crippen LogP contribution is 2.48. The molecule has 0 spiro atoms. The first-order chi connectivity index (χ1) is 10.3. The number of nitrogens with two attached hydrogens (primary N) is 1. The number of aliphatic hydroxyl groups is 1. The lowest BCUT2D eigenvalue weighted by atomic mass is 9.77. The quantitative estimate of drug-likeness (QED) is 0.752. The van der Waals surface area contributed by atoms with Crippen molar-refractivity contribution in [2.24, 2.45) is 11.7 Å². The van der Waals surface area contributed by atoms with Gasteiger partial charge in [0.25, 0.3) is 0 Å². The molecule has 1 aromatic rings. The van der Waals surface area contributed by atoms with Gasteiger partial charge in [0, 0.05) is 18.8 Å². The van der Waals surface area contributed by atoms with Crippen LogP contribution < -0.4 is 5.73 Å². The van der Waals surface area contributed by atoms with Crippen LogP contribution in [-0.4, -0.2) is 28.6 Å².